The van der Waals surface area contributed by atoms with Crippen molar-refractivity contribution in [2.75, 3.05) is 0 Å². The van der Waals surface area contributed by atoms with Crippen LogP contribution in [0, 0.1) is 0 Å². The van der Waals surface area contributed by atoms with Crippen LogP contribution in [0.4, 0.5) is 0 Å². The molecule has 0 fully saturated rings. The maximum atomic E-state index is 5.72. The maximum absolute atomic E-state index is 5.72. The number of nitrogens with zero attached hydrogens (tertiary/aromatic N) is 1. The molecular weight excluding hydrogens is 172 g/mol. The molecule has 76 valence electrons. The molecule has 2 heteroatoms. The van der Waals surface area contributed by atoms with Crippen LogP contribution in [0.1, 0.15) is 42.4 Å². The molecule has 2 N–H and O–H groups in total. The predicted molar refractivity (Wildman–Crippen MR) is 58.0 cm³/mol. The Morgan fingerprint density at radius 1 is 1.07 bits per heavy atom. The Balaban J connectivity index is 2.33. The minimum Gasteiger partial charge on any atom is -0.326 e. The van der Waals surface area contributed by atoms with Crippen LogP contribution in [0.2, 0.25) is 0 Å². The van der Waals surface area contributed by atoms with Gasteiger partial charge in [0.15, 0.2) is 0 Å². The molecule has 1 heterocycles. The van der Waals surface area contributed by atoms with Gasteiger partial charge in [-0.2, -0.15) is 0 Å². The maximum Gasteiger partial charge on any atom is 0.0315 e. The van der Waals surface area contributed by atoms with Gasteiger partial charge in [-0.1, -0.05) is 12.8 Å². The lowest BCUT2D eigenvalue weighted by Gasteiger charge is -2.16. The van der Waals surface area contributed by atoms with Crippen LogP contribution in [0.25, 0.3) is 0 Å². The molecule has 0 radical (unpaired) electrons. The Morgan fingerprint density at radius 2 is 1.86 bits per heavy atom. The van der Waals surface area contributed by atoms with Crippen molar-refractivity contribution in [3.63, 3.8) is 0 Å². The van der Waals surface area contributed by atoms with Gasteiger partial charge in [0.1, 0.15) is 0 Å². The molecule has 0 atom stereocenters. The summed E-state index contributed by atoms with van der Waals surface area (Å²) >= 11 is 0. The molecule has 2 rings (SSSR count). The molecule has 0 saturated heterocycles. The van der Waals surface area contributed by atoms with Crippen molar-refractivity contribution >= 4 is 0 Å². The Labute approximate surface area is 85.5 Å². The summed E-state index contributed by atoms with van der Waals surface area (Å²) in [6.07, 6.45) is 11.7. The fourth-order valence-corrected chi connectivity index (χ4v) is 2.26. The van der Waals surface area contributed by atoms with E-state index in [1.807, 2.05) is 12.4 Å². The first-order chi connectivity index (χ1) is 6.92. The number of fused-ring (bicyclic) bond motifs is 1. The zero-order chi connectivity index (χ0) is 9.80. The number of aryl methyl sites for hydroxylation is 1. The minimum absolute atomic E-state index is 0.635. The van der Waals surface area contributed by atoms with E-state index < -0.39 is 0 Å². The van der Waals surface area contributed by atoms with Gasteiger partial charge >= 0.3 is 0 Å². The third-order valence-corrected chi connectivity index (χ3v) is 3.08. The van der Waals surface area contributed by atoms with Gasteiger partial charge in [0.25, 0.3) is 0 Å². The van der Waals surface area contributed by atoms with Crippen molar-refractivity contribution in [2.24, 2.45) is 5.73 Å². The second kappa shape index (κ2) is 4.56. The summed E-state index contributed by atoms with van der Waals surface area (Å²) in [5, 5.41) is 0. The molecule has 0 unspecified atom stereocenters. The number of nitrogens with two attached hydrogens (primary N) is 1. The number of hydrogen-bond acceptors (Lipinski definition) is 2. The molecular formula is C12H18N2. The quantitative estimate of drug-likeness (QED) is 0.737. The fraction of sp³-hybridized carbons (Fsp3) is 0.583. The first-order valence-corrected chi connectivity index (χ1v) is 5.56. The minimum atomic E-state index is 0.635. The van der Waals surface area contributed by atoms with E-state index in [0.29, 0.717) is 6.54 Å². The highest BCUT2D eigenvalue weighted by atomic mass is 14.6. The highest BCUT2D eigenvalue weighted by molar-refractivity contribution is 5.32. The molecule has 0 aromatic carbocycles. The normalized spacial score (nSPS) is 16.9. The van der Waals surface area contributed by atoms with Gasteiger partial charge in [0.05, 0.1) is 0 Å². The zero-order valence-electron chi connectivity index (χ0n) is 8.63. The monoisotopic (exact) mass is 190 g/mol. The van der Waals surface area contributed by atoms with Crippen molar-refractivity contribution in [1.82, 2.24) is 4.98 Å². The lowest BCUT2D eigenvalue weighted by molar-refractivity contribution is 0.612. The zero-order valence-corrected chi connectivity index (χ0v) is 8.63. The van der Waals surface area contributed by atoms with Crippen molar-refractivity contribution in [3.05, 3.63) is 29.1 Å². The third-order valence-electron chi connectivity index (χ3n) is 3.08. The molecule has 0 bridgehead atoms. The summed E-state index contributed by atoms with van der Waals surface area (Å²) in [5.74, 6) is 0. The molecule has 2 nitrogen and oxygen atoms in total. The number of hydrogen-bond donors (Lipinski definition) is 1. The van der Waals surface area contributed by atoms with Crippen molar-refractivity contribution < 1.29 is 0 Å². The van der Waals surface area contributed by atoms with Crippen molar-refractivity contribution in [2.45, 2.75) is 45.1 Å². The largest absolute Gasteiger partial charge is 0.326 e. The summed E-state index contributed by atoms with van der Waals surface area (Å²) in [7, 11) is 0. The number of aromatic nitrogens is 1. The molecule has 0 spiro atoms. The van der Waals surface area contributed by atoms with E-state index in [9.17, 15) is 0 Å². The van der Waals surface area contributed by atoms with Crippen LogP contribution in [-0.4, -0.2) is 4.98 Å². The molecule has 0 saturated carbocycles. The predicted octanol–water partition coefficient (Wildman–Crippen LogP) is 2.20. The first kappa shape index (κ1) is 9.66. The summed E-state index contributed by atoms with van der Waals surface area (Å²) in [6, 6.07) is 0. The second-order valence-corrected chi connectivity index (χ2v) is 4.05. The summed E-state index contributed by atoms with van der Waals surface area (Å²) in [6.45, 7) is 0.635. The molecule has 1 aromatic heterocycles. The van der Waals surface area contributed by atoms with Crippen LogP contribution < -0.4 is 5.73 Å². The van der Waals surface area contributed by atoms with Gasteiger partial charge in [-0.05, 0) is 42.4 Å². The molecule has 1 aliphatic carbocycles. The van der Waals surface area contributed by atoms with Crippen LogP contribution in [0.5, 0.6) is 0 Å². The highest BCUT2D eigenvalue weighted by Crippen LogP contribution is 2.21. The molecule has 0 amide bonds. The Bertz CT molecular complexity index is 307. The molecule has 0 aliphatic heterocycles. The Hall–Kier alpha value is -0.890. The second-order valence-electron chi connectivity index (χ2n) is 4.05. The summed E-state index contributed by atoms with van der Waals surface area (Å²) < 4.78 is 0. The smallest absolute Gasteiger partial charge is 0.0315 e. The van der Waals surface area contributed by atoms with Gasteiger partial charge in [-0.3, -0.25) is 4.98 Å². The van der Waals surface area contributed by atoms with E-state index in [4.69, 9.17) is 5.73 Å². The Morgan fingerprint density at radius 3 is 2.64 bits per heavy atom. The topological polar surface area (TPSA) is 38.9 Å². The van der Waals surface area contributed by atoms with E-state index >= 15 is 0 Å². The van der Waals surface area contributed by atoms with Gasteiger partial charge in [0, 0.05) is 18.9 Å². The van der Waals surface area contributed by atoms with E-state index in [2.05, 4.69) is 4.98 Å². The van der Waals surface area contributed by atoms with Gasteiger partial charge in [-0.25, -0.2) is 0 Å². The first-order valence-electron chi connectivity index (χ1n) is 5.56. The average Bonchev–Trinajstić information content (AvgIpc) is 2.18. The lowest BCUT2D eigenvalue weighted by Crippen LogP contribution is -2.08. The van der Waals surface area contributed by atoms with E-state index in [-0.39, 0.29) is 0 Å². The molecule has 1 aromatic rings. The van der Waals surface area contributed by atoms with Crippen LogP contribution >= 0.6 is 0 Å². The van der Waals surface area contributed by atoms with Gasteiger partial charge < -0.3 is 5.73 Å². The van der Waals surface area contributed by atoms with E-state index in [1.54, 1.807) is 0 Å². The van der Waals surface area contributed by atoms with Crippen LogP contribution in [-0.2, 0) is 19.4 Å². The average molecular weight is 190 g/mol. The molecule has 1 aliphatic rings. The lowest BCUT2D eigenvalue weighted by atomic mass is 9.92. The number of pyridine rings is 1. The van der Waals surface area contributed by atoms with Crippen molar-refractivity contribution in [1.29, 1.82) is 0 Å². The summed E-state index contributed by atoms with van der Waals surface area (Å²) in [4.78, 5) is 4.26. The van der Waals surface area contributed by atoms with Crippen LogP contribution in [0.15, 0.2) is 12.4 Å². The third kappa shape index (κ3) is 1.95. The standard InChI is InChI=1S/C12H18N2/c13-7-11-9-14-8-10-5-3-1-2-4-6-12(10)11/h8-9H,1-7,13H2. The Kier molecular flexibility index (Phi) is 3.14. The summed E-state index contributed by atoms with van der Waals surface area (Å²) in [5.41, 5.74) is 9.90. The van der Waals surface area contributed by atoms with Crippen molar-refractivity contribution in [3.8, 4) is 0 Å². The van der Waals surface area contributed by atoms with Crippen LogP contribution in [0.3, 0.4) is 0 Å². The highest BCUT2D eigenvalue weighted by Gasteiger charge is 2.10. The SMILES string of the molecule is NCc1cncc2c1CCCCCC2. The van der Waals surface area contributed by atoms with Gasteiger partial charge in [-0.15, -0.1) is 0 Å². The number of rotatable bonds is 1. The molecule has 14 heavy (non-hydrogen) atoms. The van der Waals surface area contributed by atoms with E-state index in [1.165, 1.54) is 55.2 Å². The fourth-order valence-electron chi connectivity index (χ4n) is 2.26. The van der Waals surface area contributed by atoms with E-state index in [0.717, 1.165) is 0 Å². The van der Waals surface area contributed by atoms with Gasteiger partial charge in [0.2, 0.25) is 0 Å².